The lowest BCUT2D eigenvalue weighted by Crippen LogP contribution is -1.97. The normalized spacial score (nSPS) is 9.15. The lowest BCUT2D eigenvalue weighted by molar-refractivity contribution is -0.139. The fourth-order valence-electron chi connectivity index (χ4n) is 1.69. The number of carboxylic acids is 2. The van der Waals surface area contributed by atoms with Crippen LogP contribution in [0.2, 0.25) is 0 Å². The highest BCUT2D eigenvalue weighted by Gasteiger charge is 1.99. The number of hydrogen-bond acceptors (Lipinski definition) is 4. The summed E-state index contributed by atoms with van der Waals surface area (Å²) in [6.45, 7) is 4.08. The van der Waals surface area contributed by atoms with Crippen molar-refractivity contribution >= 4 is 23.3 Å². The van der Waals surface area contributed by atoms with Gasteiger partial charge in [0.05, 0.1) is 0 Å². The van der Waals surface area contributed by atoms with Crippen LogP contribution in [0.5, 0.6) is 0 Å². The van der Waals surface area contributed by atoms with Crippen LogP contribution in [0.4, 0.5) is 11.4 Å². The fraction of sp³-hybridized carbons (Fsp3) is 0.300. The maximum Gasteiger partial charge on any atom is 0.303 e. The third-order valence-electron chi connectivity index (χ3n) is 3.19. The van der Waals surface area contributed by atoms with Crippen molar-refractivity contribution in [2.75, 3.05) is 11.5 Å². The van der Waals surface area contributed by atoms with E-state index in [0.29, 0.717) is 12.8 Å². The van der Waals surface area contributed by atoms with E-state index < -0.39 is 11.9 Å². The molecule has 142 valence electrons. The summed E-state index contributed by atoms with van der Waals surface area (Å²) in [6, 6.07) is 15.6. The first-order valence-corrected chi connectivity index (χ1v) is 8.28. The molecular formula is C20H28N2O4. The van der Waals surface area contributed by atoms with E-state index in [1.54, 1.807) is 0 Å². The van der Waals surface area contributed by atoms with Crippen molar-refractivity contribution in [3.05, 3.63) is 59.7 Å². The molecule has 0 bridgehead atoms. The Morgan fingerprint density at radius 2 is 0.962 bits per heavy atom. The summed E-state index contributed by atoms with van der Waals surface area (Å²) in [4.78, 5) is 19.8. The van der Waals surface area contributed by atoms with E-state index in [1.807, 2.05) is 62.4 Å². The molecule has 0 unspecified atom stereocenters. The zero-order valence-electron chi connectivity index (χ0n) is 15.3. The summed E-state index contributed by atoms with van der Waals surface area (Å²) in [6.07, 6.45) is 1.02. The molecule has 26 heavy (non-hydrogen) atoms. The van der Waals surface area contributed by atoms with Crippen LogP contribution in [0.15, 0.2) is 48.5 Å². The first-order chi connectivity index (χ1) is 12.2. The Morgan fingerprint density at radius 1 is 0.692 bits per heavy atom. The van der Waals surface area contributed by atoms with E-state index in [1.165, 1.54) is 11.1 Å². The minimum Gasteiger partial charge on any atom is -0.481 e. The van der Waals surface area contributed by atoms with Gasteiger partial charge >= 0.3 is 11.9 Å². The van der Waals surface area contributed by atoms with Crippen molar-refractivity contribution in [1.82, 2.24) is 0 Å². The quantitative estimate of drug-likeness (QED) is 0.473. The number of nitrogen functional groups attached to an aromatic ring is 2. The van der Waals surface area contributed by atoms with Crippen molar-refractivity contribution in [1.29, 1.82) is 0 Å². The summed E-state index contributed by atoms with van der Waals surface area (Å²) in [5.41, 5.74) is 15.0. The Balaban J connectivity index is 0.000000363. The Labute approximate surface area is 154 Å². The smallest absolute Gasteiger partial charge is 0.303 e. The molecule has 6 heteroatoms. The van der Waals surface area contributed by atoms with E-state index in [0.717, 1.165) is 11.4 Å². The first-order valence-electron chi connectivity index (χ1n) is 8.28. The van der Waals surface area contributed by atoms with Crippen LogP contribution in [0.25, 0.3) is 0 Å². The van der Waals surface area contributed by atoms with Gasteiger partial charge in [-0.15, -0.1) is 0 Å². The monoisotopic (exact) mass is 360 g/mol. The number of rotatable bonds is 5. The number of hydrogen-bond donors (Lipinski definition) is 4. The van der Waals surface area contributed by atoms with Crippen LogP contribution in [0.3, 0.4) is 0 Å². The summed E-state index contributed by atoms with van der Waals surface area (Å²) >= 11 is 0. The van der Waals surface area contributed by atoms with Gasteiger partial charge in [-0.3, -0.25) is 9.59 Å². The number of carboxylic acid groups (broad SMARTS) is 2. The van der Waals surface area contributed by atoms with Gasteiger partial charge in [-0.1, -0.05) is 35.4 Å². The van der Waals surface area contributed by atoms with Crippen LogP contribution in [-0.2, 0) is 9.59 Å². The Bertz CT molecular complexity index is 551. The number of aryl methyl sites for hydroxylation is 2. The maximum absolute atomic E-state index is 9.90. The molecule has 0 aliphatic carbocycles. The standard InChI is InChI=1S/2C7H9N.C6H10O4/c2*1-6-2-4-7(8)5-3-6;7-5(8)3-1-2-4-6(9)10/h2*2-5H,8H2,1H3;1-4H2,(H,7,8)(H,9,10). The summed E-state index contributed by atoms with van der Waals surface area (Å²) in [5.74, 6) is -1.74. The summed E-state index contributed by atoms with van der Waals surface area (Å²) in [7, 11) is 0. The summed E-state index contributed by atoms with van der Waals surface area (Å²) in [5, 5.41) is 16.3. The number of carbonyl (C=O) groups is 2. The molecule has 2 rings (SSSR count). The van der Waals surface area contributed by atoms with Crippen LogP contribution in [0, 0.1) is 13.8 Å². The molecule has 6 N–H and O–H groups in total. The highest BCUT2D eigenvalue weighted by Crippen LogP contribution is 2.03. The van der Waals surface area contributed by atoms with E-state index >= 15 is 0 Å². The first kappa shape index (κ1) is 23.0. The average molecular weight is 360 g/mol. The van der Waals surface area contributed by atoms with Crippen molar-refractivity contribution in [2.45, 2.75) is 39.5 Å². The van der Waals surface area contributed by atoms with Gasteiger partial charge < -0.3 is 21.7 Å². The van der Waals surface area contributed by atoms with Crippen LogP contribution < -0.4 is 11.5 Å². The van der Waals surface area contributed by atoms with Crippen molar-refractivity contribution in [3.8, 4) is 0 Å². The molecule has 0 spiro atoms. The number of benzene rings is 2. The molecule has 0 amide bonds. The molecular weight excluding hydrogens is 332 g/mol. The van der Waals surface area contributed by atoms with Gasteiger partial charge in [0.25, 0.3) is 0 Å². The van der Waals surface area contributed by atoms with Gasteiger partial charge in [0, 0.05) is 24.2 Å². The van der Waals surface area contributed by atoms with Gasteiger partial charge in [0.1, 0.15) is 0 Å². The zero-order valence-corrected chi connectivity index (χ0v) is 15.3. The summed E-state index contributed by atoms with van der Waals surface area (Å²) < 4.78 is 0. The van der Waals surface area contributed by atoms with Gasteiger partial charge in [0.2, 0.25) is 0 Å². The predicted molar refractivity (Wildman–Crippen MR) is 105 cm³/mol. The van der Waals surface area contributed by atoms with Gasteiger partial charge in [-0.05, 0) is 51.0 Å². The topological polar surface area (TPSA) is 127 Å². The van der Waals surface area contributed by atoms with Crippen LogP contribution in [-0.4, -0.2) is 22.2 Å². The zero-order chi connectivity index (χ0) is 19.9. The molecule has 0 heterocycles. The second-order valence-corrected chi connectivity index (χ2v) is 5.82. The van der Waals surface area contributed by atoms with Gasteiger partial charge in [0.15, 0.2) is 0 Å². The van der Waals surface area contributed by atoms with Crippen molar-refractivity contribution < 1.29 is 19.8 Å². The largest absolute Gasteiger partial charge is 0.481 e. The number of anilines is 2. The minimum atomic E-state index is -0.870. The molecule has 0 radical (unpaired) electrons. The van der Waals surface area contributed by atoms with Crippen molar-refractivity contribution in [2.24, 2.45) is 0 Å². The Morgan fingerprint density at radius 3 is 1.15 bits per heavy atom. The van der Waals surface area contributed by atoms with Crippen LogP contribution >= 0.6 is 0 Å². The van der Waals surface area contributed by atoms with E-state index in [4.69, 9.17) is 21.7 Å². The molecule has 0 saturated heterocycles. The molecule has 2 aromatic rings. The fourth-order valence-corrected chi connectivity index (χ4v) is 1.69. The molecule has 0 aliphatic heterocycles. The van der Waals surface area contributed by atoms with E-state index in [-0.39, 0.29) is 12.8 Å². The minimum absolute atomic E-state index is 0.0628. The maximum atomic E-state index is 9.90. The van der Waals surface area contributed by atoms with Crippen molar-refractivity contribution in [3.63, 3.8) is 0 Å². The Kier molecular flexibility index (Phi) is 11.7. The molecule has 2 aromatic carbocycles. The molecule has 0 atom stereocenters. The second-order valence-electron chi connectivity index (χ2n) is 5.82. The molecule has 6 nitrogen and oxygen atoms in total. The molecule has 0 aliphatic rings. The molecule has 0 saturated carbocycles. The lowest BCUT2D eigenvalue weighted by atomic mass is 10.2. The second kappa shape index (κ2) is 13.3. The van der Waals surface area contributed by atoms with Gasteiger partial charge in [-0.2, -0.15) is 0 Å². The third-order valence-corrected chi connectivity index (χ3v) is 3.19. The number of nitrogens with two attached hydrogens (primary N) is 2. The SMILES string of the molecule is Cc1ccc(N)cc1.Cc1ccc(N)cc1.O=C(O)CCCCC(=O)O. The highest BCUT2D eigenvalue weighted by atomic mass is 16.4. The highest BCUT2D eigenvalue weighted by molar-refractivity contribution is 5.67. The van der Waals surface area contributed by atoms with Crippen LogP contribution in [0.1, 0.15) is 36.8 Å². The van der Waals surface area contributed by atoms with E-state index in [2.05, 4.69) is 0 Å². The van der Waals surface area contributed by atoms with Gasteiger partial charge in [-0.25, -0.2) is 0 Å². The third kappa shape index (κ3) is 14.6. The number of unbranched alkanes of at least 4 members (excludes halogenated alkanes) is 1. The molecule has 0 aromatic heterocycles. The Hall–Kier alpha value is -3.02. The average Bonchev–Trinajstić information content (AvgIpc) is 2.58. The molecule has 0 fully saturated rings. The number of aliphatic carboxylic acids is 2. The predicted octanol–water partition coefficient (Wildman–Crippen LogP) is 3.87. The lowest BCUT2D eigenvalue weighted by Gasteiger charge is -1.92. The van der Waals surface area contributed by atoms with E-state index in [9.17, 15) is 9.59 Å².